The highest BCUT2D eigenvalue weighted by molar-refractivity contribution is 5.87. The summed E-state index contributed by atoms with van der Waals surface area (Å²) >= 11 is 0. The summed E-state index contributed by atoms with van der Waals surface area (Å²) in [6.07, 6.45) is 4.17. The maximum absolute atomic E-state index is 5.19. The fourth-order valence-electron chi connectivity index (χ4n) is 3.06. The highest BCUT2D eigenvalue weighted by Crippen LogP contribution is 2.30. The summed E-state index contributed by atoms with van der Waals surface area (Å²) in [7, 11) is 5.82. The zero-order valence-corrected chi connectivity index (χ0v) is 13.7. The average Bonchev–Trinajstić information content (AvgIpc) is 2.94. The first-order chi connectivity index (χ1) is 10.7. The molecule has 1 saturated heterocycles. The minimum Gasteiger partial charge on any atom is -0.383 e. The topological polar surface area (TPSA) is 55.2 Å². The van der Waals surface area contributed by atoms with Crippen LogP contribution in [0.3, 0.4) is 0 Å². The van der Waals surface area contributed by atoms with Gasteiger partial charge in [0.25, 0.3) is 0 Å². The maximum atomic E-state index is 5.19. The van der Waals surface area contributed by atoms with Crippen LogP contribution in [0.5, 0.6) is 0 Å². The zero-order chi connectivity index (χ0) is 15.5. The number of pyridine rings is 1. The van der Waals surface area contributed by atoms with E-state index in [0.29, 0.717) is 12.5 Å². The predicted octanol–water partition coefficient (Wildman–Crippen LogP) is 1.52. The second kappa shape index (κ2) is 6.62. The van der Waals surface area contributed by atoms with E-state index in [-0.39, 0.29) is 0 Å². The number of fused-ring (bicyclic) bond motifs is 1. The van der Waals surface area contributed by atoms with Crippen LogP contribution in [0, 0.1) is 0 Å². The third kappa shape index (κ3) is 2.94. The number of ether oxygens (including phenoxy) is 1. The number of hydrogen-bond acceptors (Lipinski definition) is 5. The molecule has 0 aliphatic carbocycles. The average molecular weight is 303 g/mol. The Hall–Kier alpha value is -1.66. The van der Waals surface area contributed by atoms with Gasteiger partial charge in [-0.15, -0.1) is 0 Å². The van der Waals surface area contributed by atoms with Gasteiger partial charge in [0.15, 0.2) is 5.82 Å². The zero-order valence-electron chi connectivity index (χ0n) is 13.7. The lowest BCUT2D eigenvalue weighted by Gasteiger charge is -2.24. The monoisotopic (exact) mass is 303 g/mol. The molecule has 2 aromatic heterocycles. The lowest BCUT2D eigenvalue weighted by atomic mass is 9.94. The van der Waals surface area contributed by atoms with Crippen LogP contribution in [0.1, 0.15) is 24.5 Å². The van der Waals surface area contributed by atoms with Crippen molar-refractivity contribution in [2.45, 2.75) is 18.8 Å². The number of anilines is 1. The first-order valence-electron chi connectivity index (χ1n) is 7.93. The Kier molecular flexibility index (Phi) is 4.59. The van der Waals surface area contributed by atoms with Crippen LogP contribution in [0.4, 0.5) is 5.82 Å². The second-order valence-electron chi connectivity index (χ2n) is 6.03. The van der Waals surface area contributed by atoms with E-state index >= 15 is 0 Å². The summed E-state index contributed by atoms with van der Waals surface area (Å²) in [5.41, 5.74) is 3.32. The van der Waals surface area contributed by atoms with Gasteiger partial charge in [-0.1, -0.05) is 0 Å². The van der Waals surface area contributed by atoms with Crippen molar-refractivity contribution in [1.82, 2.24) is 19.9 Å². The first kappa shape index (κ1) is 15.2. The number of hydrogen-bond donors (Lipinski definition) is 1. The smallest absolute Gasteiger partial charge is 0.156 e. The molecule has 0 spiro atoms. The van der Waals surface area contributed by atoms with E-state index in [4.69, 9.17) is 9.72 Å². The molecule has 0 atom stereocenters. The minimum atomic E-state index is 0.537. The summed E-state index contributed by atoms with van der Waals surface area (Å²) in [6.45, 7) is 3.64. The van der Waals surface area contributed by atoms with Crippen LogP contribution >= 0.6 is 0 Å². The normalized spacial score (nSPS) is 16.3. The van der Waals surface area contributed by atoms with Crippen molar-refractivity contribution >= 4 is 16.9 Å². The Balaban J connectivity index is 2.00. The molecule has 3 heterocycles. The van der Waals surface area contributed by atoms with Gasteiger partial charge in [-0.2, -0.15) is 0 Å². The van der Waals surface area contributed by atoms with Gasteiger partial charge in [-0.05, 0) is 32.0 Å². The van der Waals surface area contributed by atoms with Crippen molar-refractivity contribution in [2.24, 2.45) is 7.05 Å². The molecule has 0 amide bonds. The summed E-state index contributed by atoms with van der Waals surface area (Å²) in [5.74, 6) is 1.50. The van der Waals surface area contributed by atoms with Crippen molar-refractivity contribution < 1.29 is 4.74 Å². The molecule has 6 heteroatoms. The summed E-state index contributed by atoms with van der Waals surface area (Å²) in [6, 6.07) is 2.21. The predicted molar refractivity (Wildman–Crippen MR) is 88.5 cm³/mol. The maximum Gasteiger partial charge on any atom is 0.156 e. The Bertz CT molecular complexity index is 633. The minimum absolute atomic E-state index is 0.537. The second-order valence-corrected chi connectivity index (χ2v) is 6.03. The number of aryl methyl sites for hydroxylation is 1. The molecule has 22 heavy (non-hydrogen) atoms. The molecule has 1 fully saturated rings. The Morgan fingerprint density at radius 3 is 2.91 bits per heavy atom. The van der Waals surface area contributed by atoms with E-state index in [2.05, 4.69) is 32.9 Å². The van der Waals surface area contributed by atoms with Crippen LogP contribution in [0.25, 0.3) is 11.0 Å². The molecule has 0 bridgehead atoms. The van der Waals surface area contributed by atoms with Gasteiger partial charge in [0.05, 0.1) is 18.5 Å². The van der Waals surface area contributed by atoms with Gasteiger partial charge in [-0.3, -0.25) is 0 Å². The molecule has 2 aromatic rings. The standard InChI is InChI=1S/C16H25N5O/c1-20(8-9-22-3)16-15-14(21(2)11-18-15)10-13(19-16)12-4-6-17-7-5-12/h10-12,17H,4-9H2,1-3H3. The van der Waals surface area contributed by atoms with E-state index in [9.17, 15) is 0 Å². The van der Waals surface area contributed by atoms with Crippen LogP contribution < -0.4 is 10.2 Å². The first-order valence-corrected chi connectivity index (χ1v) is 7.93. The SMILES string of the molecule is COCCN(C)c1nc(C2CCNCC2)cc2c1ncn2C. The molecule has 3 rings (SSSR count). The van der Waals surface area contributed by atoms with E-state index < -0.39 is 0 Å². The quantitative estimate of drug-likeness (QED) is 0.907. The summed E-state index contributed by atoms with van der Waals surface area (Å²) in [5, 5.41) is 3.42. The Labute approximate surface area is 131 Å². The summed E-state index contributed by atoms with van der Waals surface area (Å²) in [4.78, 5) is 11.6. The molecule has 0 unspecified atom stereocenters. The van der Waals surface area contributed by atoms with Crippen molar-refractivity contribution in [1.29, 1.82) is 0 Å². The number of likely N-dealkylation sites (N-methyl/N-ethyl adjacent to an activating group) is 1. The highest BCUT2D eigenvalue weighted by Gasteiger charge is 2.21. The number of imidazole rings is 1. The van der Waals surface area contributed by atoms with Gasteiger partial charge in [0.2, 0.25) is 0 Å². The molecule has 0 saturated carbocycles. The number of piperidine rings is 1. The van der Waals surface area contributed by atoms with Crippen LogP contribution in [0.15, 0.2) is 12.4 Å². The number of nitrogens with zero attached hydrogens (tertiary/aromatic N) is 4. The lowest BCUT2D eigenvalue weighted by molar-refractivity contribution is 0.206. The van der Waals surface area contributed by atoms with Gasteiger partial charge >= 0.3 is 0 Å². The molecule has 0 aromatic carbocycles. The third-order valence-electron chi connectivity index (χ3n) is 4.46. The molecule has 1 N–H and O–H groups in total. The molecular weight excluding hydrogens is 278 g/mol. The fraction of sp³-hybridized carbons (Fsp3) is 0.625. The van der Waals surface area contributed by atoms with E-state index in [0.717, 1.165) is 49.3 Å². The van der Waals surface area contributed by atoms with Gasteiger partial charge < -0.3 is 19.5 Å². The van der Waals surface area contributed by atoms with Crippen molar-refractivity contribution in [3.63, 3.8) is 0 Å². The van der Waals surface area contributed by atoms with E-state index in [1.165, 1.54) is 5.69 Å². The van der Waals surface area contributed by atoms with Crippen molar-refractivity contribution in [2.75, 3.05) is 45.3 Å². The van der Waals surface area contributed by atoms with E-state index in [1.54, 1.807) is 7.11 Å². The largest absolute Gasteiger partial charge is 0.383 e. The van der Waals surface area contributed by atoms with Gasteiger partial charge in [0.1, 0.15) is 5.52 Å². The molecule has 0 radical (unpaired) electrons. The molecular formula is C16H25N5O. The van der Waals surface area contributed by atoms with Crippen molar-refractivity contribution in [3.05, 3.63) is 18.1 Å². The van der Waals surface area contributed by atoms with Crippen molar-refractivity contribution in [3.8, 4) is 0 Å². The number of methoxy groups -OCH3 is 1. The number of nitrogens with one attached hydrogen (secondary N) is 1. The van der Waals surface area contributed by atoms with Crippen LogP contribution in [-0.2, 0) is 11.8 Å². The molecule has 1 aliphatic rings. The number of rotatable bonds is 5. The third-order valence-corrected chi connectivity index (χ3v) is 4.46. The molecule has 1 aliphatic heterocycles. The highest BCUT2D eigenvalue weighted by atomic mass is 16.5. The Morgan fingerprint density at radius 2 is 2.18 bits per heavy atom. The van der Waals surface area contributed by atoms with Crippen LogP contribution in [-0.4, -0.2) is 54.9 Å². The van der Waals surface area contributed by atoms with Crippen LogP contribution in [0.2, 0.25) is 0 Å². The van der Waals surface area contributed by atoms with Gasteiger partial charge in [-0.25, -0.2) is 9.97 Å². The van der Waals surface area contributed by atoms with E-state index in [1.807, 2.05) is 13.4 Å². The molecule has 120 valence electrons. The lowest BCUT2D eigenvalue weighted by Crippen LogP contribution is -2.28. The Morgan fingerprint density at radius 1 is 1.41 bits per heavy atom. The fourth-order valence-corrected chi connectivity index (χ4v) is 3.06. The number of aromatic nitrogens is 3. The summed E-state index contributed by atoms with van der Waals surface area (Å²) < 4.78 is 7.27. The molecule has 6 nitrogen and oxygen atoms in total. The van der Waals surface area contributed by atoms with Gasteiger partial charge in [0, 0.05) is 39.4 Å².